The third kappa shape index (κ3) is 4.11. The molecule has 0 unspecified atom stereocenters. The summed E-state index contributed by atoms with van der Waals surface area (Å²) in [6, 6.07) is 7.40. The molecule has 1 fully saturated rings. The van der Waals surface area contributed by atoms with Crippen molar-refractivity contribution in [3.05, 3.63) is 35.2 Å². The second-order valence-corrected chi connectivity index (χ2v) is 6.46. The number of aromatic nitrogens is 2. The van der Waals surface area contributed by atoms with Crippen LogP contribution in [0.1, 0.15) is 25.8 Å². The molecule has 7 nitrogen and oxygen atoms in total. The molecule has 8 heteroatoms. The summed E-state index contributed by atoms with van der Waals surface area (Å²) < 4.78 is 10.9. The Morgan fingerprint density at radius 1 is 1.40 bits per heavy atom. The van der Waals surface area contributed by atoms with Gasteiger partial charge in [-0.3, -0.25) is 4.90 Å². The molecule has 134 valence electrons. The number of nitrogens with one attached hydrogen (secondary N) is 1. The van der Waals surface area contributed by atoms with Gasteiger partial charge in [0, 0.05) is 10.6 Å². The minimum absolute atomic E-state index is 0.0600. The standard InChI is InChI=1S/C17H21ClN4O3/c1-3-24-17(23)22-9-7-21(8-10-22)12(2)15-19-20-16(25-15)13-5-4-6-14(18)11-13/h4-6,11-12H,3,7-10H2,1-2H3/p+1/t12-/m0/s1. The van der Waals surface area contributed by atoms with Gasteiger partial charge in [0.1, 0.15) is 0 Å². The summed E-state index contributed by atoms with van der Waals surface area (Å²) in [6.07, 6.45) is -0.241. The molecule has 0 saturated carbocycles. The normalized spacial score (nSPS) is 16.7. The van der Waals surface area contributed by atoms with Crippen molar-refractivity contribution in [3.63, 3.8) is 0 Å². The van der Waals surface area contributed by atoms with Crippen molar-refractivity contribution >= 4 is 17.7 Å². The third-order valence-corrected chi connectivity index (χ3v) is 4.66. The zero-order valence-electron chi connectivity index (χ0n) is 14.4. The van der Waals surface area contributed by atoms with Crippen molar-refractivity contribution in [3.8, 4) is 11.5 Å². The lowest BCUT2D eigenvalue weighted by atomic mass is 10.2. The Morgan fingerprint density at radius 3 is 2.84 bits per heavy atom. The molecule has 25 heavy (non-hydrogen) atoms. The average Bonchev–Trinajstić information content (AvgIpc) is 3.11. The second-order valence-electron chi connectivity index (χ2n) is 6.02. The predicted octanol–water partition coefficient (Wildman–Crippen LogP) is 1.81. The Bertz CT molecular complexity index is 728. The van der Waals surface area contributed by atoms with Crippen LogP contribution in [0.25, 0.3) is 11.5 Å². The molecule has 2 heterocycles. The van der Waals surface area contributed by atoms with Crippen molar-refractivity contribution < 1.29 is 18.8 Å². The highest BCUT2D eigenvalue weighted by molar-refractivity contribution is 6.30. The van der Waals surface area contributed by atoms with Crippen molar-refractivity contribution in [2.24, 2.45) is 0 Å². The van der Waals surface area contributed by atoms with Gasteiger partial charge in [-0.15, -0.1) is 10.2 Å². The van der Waals surface area contributed by atoms with Gasteiger partial charge in [0.15, 0.2) is 6.04 Å². The summed E-state index contributed by atoms with van der Waals surface area (Å²) >= 11 is 6.01. The summed E-state index contributed by atoms with van der Waals surface area (Å²) in [6.45, 7) is 7.22. The van der Waals surface area contributed by atoms with Gasteiger partial charge in [0.2, 0.25) is 5.89 Å². The highest BCUT2D eigenvalue weighted by Gasteiger charge is 2.31. The lowest BCUT2D eigenvalue weighted by Gasteiger charge is -2.33. The fraction of sp³-hybridized carbons (Fsp3) is 0.471. The predicted molar refractivity (Wildman–Crippen MR) is 92.5 cm³/mol. The summed E-state index contributed by atoms with van der Waals surface area (Å²) in [5.41, 5.74) is 0.806. The number of nitrogens with zero attached hydrogens (tertiary/aromatic N) is 3. The maximum atomic E-state index is 11.8. The molecule has 1 aromatic carbocycles. The van der Waals surface area contributed by atoms with Gasteiger partial charge in [0.25, 0.3) is 5.89 Å². The number of carbonyl (C=O) groups is 1. The molecule has 2 aromatic rings. The van der Waals surface area contributed by atoms with Crippen molar-refractivity contribution in [2.45, 2.75) is 19.9 Å². The van der Waals surface area contributed by atoms with Crippen LogP contribution in [0.3, 0.4) is 0 Å². The molecule has 0 bridgehead atoms. The molecule has 1 N–H and O–H groups in total. The third-order valence-electron chi connectivity index (χ3n) is 4.43. The monoisotopic (exact) mass is 365 g/mol. The lowest BCUT2D eigenvalue weighted by molar-refractivity contribution is -0.934. The highest BCUT2D eigenvalue weighted by Crippen LogP contribution is 2.22. The van der Waals surface area contributed by atoms with E-state index in [-0.39, 0.29) is 12.1 Å². The minimum atomic E-state index is -0.241. The number of halogens is 1. The van der Waals surface area contributed by atoms with E-state index in [1.54, 1.807) is 17.0 Å². The Labute approximate surface area is 151 Å². The molecule has 3 rings (SSSR count). The average molecular weight is 366 g/mol. The quantitative estimate of drug-likeness (QED) is 0.894. The largest absolute Gasteiger partial charge is 0.450 e. The van der Waals surface area contributed by atoms with Crippen molar-refractivity contribution in [2.75, 3.05) is 32.8 Å². The van der Waals surface area contributed by atoms with E-state index >= 15 is 0 Å². The Morgan fingerprint density at radius 2 is 2.16 bits per heavy atom. The van der Waals surface area contributed by atoms with Crippen LogP contribution in [0.5, 0.6) is 0 Å². The van der Waals surface area contributed by atoms with Gasteiger partial charge < -0.3 is 14.1 Å². The number of carbonyl (C=O) groups excluding carboxylic acids is 1. The number of quaternary nitrogens is 1. The maximum absolute atomic E-state index is 11.8. The van der Waals surface area contributed by atoms with E-state index in [2.05, 4.69) is 17.1 Å². The van der Waals surface area contributed by atoms with E-state index in [9.17, 15) is 4.79 Å². The number of hydrogen-bond acceptors (Lipinski definition) is 5. The van der Waals surface area contributed by atoms with E-state index in [0.717, 1.165) is 18.7 Å². The molecule has 0 spiro atoms. The second kappa shape index (κ2) is 7.84. The molecule has 1 atom stereocenters. The van der Waals surface area contributed by atoms with Crippen LogP contribution in [0, 0.1) is 0 Å². The summed E-state index contributed by atoms with van der Waals surface area (Å²) in [5, 5.41) is 8.96. The molecule has 1 amide bonds. The van der Waals surface area contributed by atoms with Crippen LogP contribution < -0.4 is 4.90 Å². The SMILES string of the molecule is CCOC(=O)N1CC[NH+]([C@@H](C)c2nnc(-c3cccc(Cl)c3)o2)CC1. The first-order valence-electron chi connectivity index (χ1n) is 8.44. The number of hydrogen-bond donors (Lipinski definition) is 1. The van der Waals surface area contributed by atoms with Gasteiger partial charge >= 0.3 is 6.09 Å². The molecule has 1 saturated heterocycles. The first-order valence-corrected chi connectivity index (χ1v) is 8.82. The van der Waals surface area contributed by atoms with Gasteiger partial charge in [-0.05, 0) is 32.0 Å². The van der Waals surface area contributed by atoms with Crippen LogP contribution >= 0.6 is 11.6 Å². The van der Waals surface area contributed by atoms with E-state index in [1.807, 2.05) is 19.1 Å². The molecular weight excluding hydrogens is 344 g/mol. The Balaban J connectivity index is 1.63. The first-order chi connectivity index (χ1) is 12.1. The van der Waals surface area contributed by atoms with E-state index in [0.29, 0.717) is 36.5 Å². The molecule has 0 radical (unpaired) electrons. The fourth-order valence-electron chi connectivity index (χ4n) is 2.95. The number of amides is 1. The number of ether oxygens (including phenoxy) is 1. The topological polar surface area (TPSA) is 72.9 Å². The zero-order chi connectivity index (χ0) is 17.8. The smallest absolute Gasteiger partial charge is 0.410 e. The first kappa shape index (κ1) is 17.7. The van der Waals surface area contributed by atoms with E-state index < -0.39 is 0 Å². The van der Waals surface area contributed by atoms with Crippen LogP contribution in [0.15, 0.2) is 28.7 Å². The molecule has 1 aliphatic rings. The molecule has 1 aliphatic heterocycles. The lowest BCUT2D eigenvalue weighted by Crippen LogP contribution is -3.14. The van der Waals surface area contributed by atoms with Crippen LogP contribution in [0.4, 0.5) is 4.79 Å². The minimum Gasteiger partial charge on any atom is -0.450 e. The number of piperazine rings is 1. The highest BCUT2D eigenvalue weighted by atomic mass is 35.5. The van der Waals surface area contributed by atoms with Crippen molar-refractivity contribution in [1.82, 2.24) is 15.1 Å². The summed E-state index contributed by atoms with van der Waals surface area (Å²) in [5.74, 6) is 1.06. The maximum Gasteiger partial charge on any atom is 0.410 e. The van der Waals surface area contributed by atoms with Gasteiger partial charge in [-0.1, -0.05) is 17.7 Å². The van der Waals surface area contributed by atoms with Crippen molar-refractivity contribution in [1.29, 1.82) is 0 Å². The van der Waals surface area contributed by atoms with Gasteiger partial charge in [0.05, 0.1) is 32.8 Å². The molecule has 0 aliphatic carbocycles. The fourth-order valence-corrected chi connectivity index (χ4v) is 3.14. The van der Waals surface area contributed by atoms with Gasteiger partial charge in [-0.2, -0.15) is 0 Å². The molecular formula is C17H22ClN4O3+. The van der Waals surface area contributed by atoms with E-state index in [1.165, 1.54) is 4.90 Å². The van der Waals surface area contributed by atoms with Gasteiger partial charge in [-0.25, -0.2) is 4.79 Å². The molecule has 1 aromatic heterocycles. The van der Waals surface area contributed by atoms with Crippen LogP contribution in [0.2, 0.25) is 5.02 Å². The number of rotatable bonds is 4. The van der Waals surface area contributed by atoms with Crippen LogP contribution in [-0.4, -0.2) is 54.0 Å². The number of benzene rings is 1. The Kier molecular flexibility index (Phi) is 5.55. The summed E-state index contributed by atoms with van der Waals surface area (Å²) in [7, 11) is 0. The Hall–Kier alpha value is -2.12. The van der Waals surface area contributed by atoms with E-state index in [4.69, 9.17) is 20.8 Å². The van der Waals surface area contributed by atoms with Crippen LogP contribution in [-0.2, 0) is 4.74 Å². The summed E-state index contributed by atoms with van der Waals surface area (Å²) in [4.78, 5) is 14.8. The zero-order valence-corrected chi connectivity index (χ0v) is 15.1.